The van der Waals surface area contributed by atoms with Crippen LogP contribution in [0.4, 0.5) is 4.39 Å². The van der Waals surface area contributed by atoms with Gasteiger partial charge in [-0.25, -0.2) is 4.39 Å². The summed E-state index contributed by atoms with van der Waals surface area (Å²) in [5.74, 6) is 1.33. The first-order valence-corrected chi connectivity index (χ1v) is 7.92. The van der Waals surface area contributed by atoms with Gasteiger partial charge in [0.2, 0.25) is 0 Å². The molecule has 19 heavy (non-hydrogen) atoms. The van der Waals surface area contributed by atoms with E-state index in [9.17, 15) is 9.50 Å². The molecule has 1 aromatic carbocycles. The van der Waals surface area contributed by atoms with E-state index < -0.39 is 0 Å². The summed E-state index contributed by atoms with van der Waals surface area (Å²) in [5.41, 5.74) is 0. The van der Waals surface area contributed by atoms with E-state index >= 15 is 0 Å². The predicted octanol–water partition coefficient (Wildman–Crippen LogP) is 3.01. The molecule has 1 aliphatic heterocycles. The molecule has 0 aromatic heterocycles. The number of piperidine rings is 1. The Morgan fingerprint density at radius 2 is 1.95 bits per heavy atom. The second-order valence-electron chi connectivity index (χ2n) is 5.22. The fourth-order valence-electron chi connectivity index (χ4n) is 2.48. The molecule has 2 rings (SSSR count). The SMILES string of the molecule is CC(O)C1CCN(CCSc2ccc(F)cc2)CC1. The average Bonchev–Trinajstić information content (AvgIpc) is 2.41. The van der Waals surface area contributed by atoms with E-state index in [4.69, 9.17) is 0 Å². The van der Waals surface area contributed by atoms with Gasteiger partial charge in [0.05, 0.1) is 6.10 Å². The zero-order valence-corrected chi connectivity index (χ0v) is 12.2. The molecule has 1 aliphatic rings. The number of nitrogens with zero attached hydrogens (tertiary/aromatic N) is 1. The average molecular weight is 283 g/mol. The highest BCUT2D eigenvalue weighted by Crippen LogP contribution is 2.22. The molecular formula is C15H22FNOS. The molecule has 1 fully saturated rings. The van der Waals surface area contributed by atoms with Crippen molar-refractivity contribution in [1.82, 2.24) is 4.90 Å². The van der Waals surface area contributed by atoms with Gasteiger partial charge in [-0.05, 0) is 63.0 Å². The lowest BCUT2D eigenvalue weighted by atomic mass is 9.92. The van der Waals surface area contributed by atoms with Crippen LogP contribution in [0.15, 0.2) is 29.2 Å². The summed E-state index contributed by atoms with van der Waals surface area (Å²) in [4.78, 5) is 3.58. The van der Waals surface area contributed by atoms with Crippen molar-refractivity contribution in [2.45, 2.75) is 30.8 Å². The van der Waals surface area contributed by atoms with Crippen molar-refractivity contribution < 1.29 is 9.50 Å². The number of rotatable bonds is 5. The van der Waals surface area contributed by atoms with Crippen molar-refractivity contribution in [1.29, 1.82) is 0 Å². The lowest BCUT2D eigenvalue weighted by Crippen LogP contribution is -2.38. The summed E-state index contributed by atoms with van der Waals surface area (Å²) >= 11 is 1.77. The fourth-order valence-corrected chi connectivity index (χ4v) is 3.40. The topological polar surface area (TPSA) is 23.5 Å². The third-order valence-corrected chi connectivity index (χ3v) is 4.80. The Morgan fingerprint density at radius 1 is 1.32 bits per heavy atom. The summed E-state index contributed by atoms with van der Waals surface area (Å²) in [7, 11) is 0. The molecule has 4 heteroatoms. The summed E-state index contributed by atoms with van der Waals surface area (Å²) in [6, 6.07) is 6.69. The number of hydrogen-bond donors (Lipinski definition) is 1. The first kappa shape index (κ1) is 14.8. The third-order valence-electron chi connectivity index (χ3n) is 3.80. The smallest absolute Gasteiger partial charge is 0.123 e. The van der Waals surface area contributed by atoms with E-state index in [0.717, 1.165) is 43.1 Å². The van der Waals surface area contributed by atoms with Crippen LogP contribution in [-0.4, -0.2) is 41.5 Å². The molecule has 0 spiro atoms. The fraction of sp³-hybridized carbons (Fsp3) is 0.600. The normalized spacial score (nSPS) is 19.5. The maximum absolute atomic E-state index is 12.8. The number of halogens is 1. The Hall–Kier alpha value is -0.580. The van der Waals surface area contributed by atoms with Crippen LogP contribution >= 0.6 is 11.8 Å². The molecule has 0 amide bonds. The highest BCUT2D eigenvalue weighted by Gasteiger charge is 2.22. The van der Waals surface area contributed by atoms with Crippen LogP contribution in [0, 0.1) is 11.7 Å². The second kappa shape index (κ2) is 7.27. The highest BCUT2D eigenvalue weighted by molar-refractivity contribution is 7.99. The van der Waals surface area contributed by atoms with Crippen molar-refractivity contribution in [2.75, 3.05) is 25.4 Å². The van der Waals surface area contributed by atoms with Gasteiger partial charge in [0.25, 0.3) is 0 Å². The molecule has 1 unspecified atom stereocenters. The van der Waals surface area contributed by atoms with Gasteiger partial charge in [-0.2, -0.15) is 0 Å². The highest BCUT2D eigenvalue weighted by atomic mass is 32.2. The summed E-state index contributed by atoms with van der Waals surface area (Å²) in [6.07, 6.45) is 2.02. The van der Waals surface area contributed by atoms with Crippen molar-refractivity contribution in [3.63, 3.8) is 0 Å². The molecule has 1 saturated heterocycles. The quantitative estimate of drug-likeness (QED) is 0.840. The number of thioether (sulfide) groups is 1. The number of hydrogen-bond acceptors (Lipinski definition) is 3. The van der Waals surface area contributed by atoms with Gasteiger partial charge in [-0.1, -0.05) is 0 Å². The van der Waals surface area contributed by atoms with E-state index in [1.807, 2.05) is 19.1 Å². The number of aliphatic hydroxyl groups is 1. The summed E-state index contributed by atoms with van der Waals surface area (Å²) in [5, 5.41) is 9.56. The van der Waals surface area contributed by atoms with Gasteiger partial charge in [-0.3, -0.25) is 0 Å². The molecule has 1 N–H and O–H groups in total. The molecule has 1 aromatic rings. The Balaban J connectivity index is 1.65. The molecule has 0 aliphatic carbocycles. The summed E-state index contributed by atoms with van der Waals surface area (Å²) in [6.45, 7) is 5.12. The van der Waals surface area contributed by atoms with Crippen LogP contribution in [0.25, 0.3) is 0 Å². The summed E-state index contributed by atoms with van der Waals surface area (Å²) < 4.78 is 12.8. The molecule has 2 nitrogen and oxygen atoms in total. The Morgan fingerprint density at radius 3 is 2.53 bits per heavy atom. The second-order valence-corrected chi connectivity index (χ2v) is 6.39. The first-order chi connectivity index (χ1) is 9.15. The van der Waals surface area contributed by atoms with E-state index in [-0.39, 0.29) is 11.9 Å². The Kier molecular flexibility index (Phi) is 5.67. The van der Waals surface area contributed by atoms with E-state index in [2.05, 4.69) is 4.90 Å². The Bertz CT molecular complexity index is 374. The maximum Gasteiger partial charge on any atom is 0.123 e. The van der Waals surface area contributed by atoms with E-state index in [1.165, 1.54) is 12.1 Å². The van der Waals surface area contributed by atoms with Gasteiger partial charge in [0, 0.05) is 17.2 Å². The molecule has 0 bridgehead atoms. The van der Waals surface area contributed by atoms with Crippen LogP contribution in [0.5, 0.6) is 0 Å². The molecule has 106 valence electrons. The van der Waals surface area contributed by atoms with Gasteiger partial charge in [-0.15, -0.1) is 11.8 Å². The van der Waals surface area contributed by atoms with Crippen LogP contribution < -0.4 is 0 Å². The van der Waals surface area contributed by atoms with Crippen molar-refractivity contribution in [3.8, 4) is 0 Å². The predicted molar refractivity (Wildman–Crippen MR) is 78.0 cm³/mol. The van der Waals surface area contributed by atoms with Crippen molar-refractivity contribution in [3.05, 3.63) is 30.1 Å². The third kappa shape index (κ3) is 4.79. The lowest BCUT2D eigenvalue weighted by molar-refractivity contribution is 0.0740. The molecular weight excluding hydrogens is 261 g/mol. The Labute approximate surface area is 119 Å². The van der Waals surface area contributed by atoms with Gasteiger partial charge in [0.15, 0.2) is 0 Å². The molecule has 0 saturated carbocycles. The van der Waals surface area contributed by atoms with Crippen molar-refractivity contribution >= 4 is 11.8 Å². The van der Waals surface area contributed by atoms with Crippen LogP contribution in [0.1, 0.15) is 19.8 Å². The molecule has 1 heterocycles. The van der Waals surface area contributed by atoms with Gasteiger partial charge in [0.1, 0.15) is 5.82 Å². The molecule has 0 radical (unpaired) electrons. The maximum atomic E-state index is 12.8. The number of likely N-dealkylation sites (tertiary alicyclic amines) is 1. The zero-order valence-electron chi connectivity index (χ0n) is 11.4. The minimum Gasteiger partial charge on any atom is -0.393 e. The van der Waals surface area contributed by atoms with Crippen LogP contribution in [0.3, 0.4) is 0 Å². The van der Waals surface area contributed by atoms with Crippen LogP contribution in [0.2, 0.25) is 0 Å². The van der Waals surface area contributed by atoms with Crippen molar-refractivity contribution in [2.24, 2.45) is 5.92 Å². The van der Waals surface area contributed by atoms with E-state index in [1.54, 1.807) is 11.8 Å². The van der Waals surface area contributed by atoms with Gasteiger partial charge < -0.3 is 10.0 Å². The number of benzene rings is 1. The standard InChI is InChI=1S/C15H22FNOS/c1-12(18)13-6-8-17(9-7-13)10-11-19-15-4-2-14(16)3-5-15/h2-5,12-13,18H,6-11H2,1H3. The van der Waals surface area contributed by atoms with Crippen LogP contribution in [-0.2, 0) is 0 Å². The largest absolute Gasteiger partial charge is 0.393 e. The van der Waals surface area contributed by atoms with Gasteiger partial charge >= 0.3 is 0 Å². The monoisotopic (exact) mass is 283 g/mol. The zero-order chi connectivity index (χ0) is 13.7. The van der Waals surface area contributed by atoms with E-state index in [0.29, 0.717) is 5.92 Å². The minimum atomic E-state index is -0.176. The lowest BCUT2D eigenvalue weighted by Gasteiger charge is -2.33. The molecule has 1 atom stereocenters. The minimum absolute atomic E-state index is 0.171. The first-order valence-electron chi connectivity index (χ1n) is 6.94. The number of aliphatic hydroxyl groups excluding tert-OH is 1.